The third-order valence-corrected chi connectivity index (χ3v) is 10.4. The summed E-state index contributed by atoms with van der Waals surface area (Å²) >= 11 is 0. The predicted molar refractivity (Wildman–Crippen MR) is 225 cm³/mol. The molecular weight excluding hydrogens is 689 g/mol. The van der Waals surface area contributed by atoms with Crippen LogP contribution in [-0.4, -0.2) is 19.9 Å². The van der Waals surface area contributed by atoms with E-state index in [2.05, 4.69) is 101 Å². The van der Waals surface area contributed by atoms with Crippen LogP contribution in [0.2, 0.25) is 0 Å². The van der Waals surface area contributed by atoms with Crippen LogP contribution in [0, 0.1) is 0 Å². The lowest BCUT2D eigenvalue weighted by atomic mass is 9.93. The van der Waals surface area contributed by atoms with Gasteiger partial charge in [0, 0.05) is 56.2 Å². The predicted octanol–water partition coefficient (Wildman–Crippen LogP) is 13.1. The van der Waals surface area contributed by atoms with Crippen molar-refractivity contribution in [3.8, 4) is 67.5 Å². The van der Waals surface area contributed by atoms with E-state index in [1.165, 1.54) is 0 Å². The van der Waals surface area contributed by atoms with Gasteiger partial charge in [-0.15, -0.1) is 0 Å². The summed E-state index contributed by atoms with van der Waals surface area (Å²) in [5.41, 5.74) is 14.0. The monoisotopic (exact) mass is 718 g/mol. The molecule has 0 N–H and O–H groups in total. The normalized spacial score (nSPS) is 11.6. The van der Waals surface area contributed by atoms with E-state index in [1.54, 1.807) is 12.4 Å². The lowest BCUT2D eigenvalue weighted by molar-refractivity contribution is 0.670. The van der Waals surface area contributed by atoms with Crippen LogP contribution in [0.5, 0.6) is 0 Å². The summed E-state index contributed by atoms with van der Waals surface area (Å²) in [5.74, 6) is 0. The van der Waals surface area contributed by atoms with Gasteiger partial charge in [0.05, 0.1) is 34.2 Å². The summed E-state index contributed by atoms with van der Waals surface area (Å²) in [6.45, 7) is 0. The lowest BCUT2D eigenvalue weighted by Gasteiger charge is -2.13. The summed E-state index contributed by atoms with van der Waals surface area (Å²) in [7, 11) is 0. The van der Waals surface area contributed by atoms with Gasteiger partial charge in [0.2, 0.25) is 0 Å². The molecule has 6 heteroatoms. The maximum atomic E-state index is 6.56. The van der Waals surface area contributed by atoms with E-state index in [0.29, 0.717) is 0 Å². The number of nitrogens with zero attached hydrogens (tertiary/aromatic N) is 4. The Hall–Kier alpha value is -7.70. The van der Waals surface area contributed by atoms with Crippen molar-refractivity contribution >= 4 is 43.9 Å². The molecule has 6 heterocycles. The van der Waals surface area contributed by atoms with E-state index in [-0.39, 0.29) is 0 Å². The summed E-state index contributed by atoms with van der Waals surface area (Å²) in [6.07, 6.45) is 3.57. The molecule has 11 aromatic rings. The highest BCUT2D eigenvalue weighted by Gasteiger charge is 2.18. The van der Waals surface area contributed by atoms with Gasteiger partial charge in [0.25, 0.3) is 0 Å². The zero-order valence-electron chi connectivity index (χ0n) is 29.9. The first kappa shape index (κ1) is 31.8. The Balaban J connectivity index is 1.12. The van der Waals surface area contributed by atoms with E-state index in [1.807, 2.05) is 78.9 Å². The quantitative estimate of drug-likeness (QED) is 0.170. The van der Waals surface area contributed by atoms with Crippen molar-refractivity contribution in [2.45, 2.75) is 0 Å². The number of aromatic nitrogens is 4. The van der Waals surface area contributed by atoms with Crippen molar-refractivity contribution in [3.63, 3.8) is 0 Å². The smallest absolute Gasteiger partial charge is 0.143 e. The Morgan fingerprint density at radius 2 is 0.714 bits per heavy atom. The highest BCUT2D eigenvalue weighted by Crippen LogP contribution is 2.42. The minimum atomic E-state index is 0.748. The van der Waals surface area contributed by atoms with Crippen LogP contribution < -0.4 is 0 Å². The van der Waals surface area contributed by atoms with Crippen molar-refractivity contribution in [3.05, 3.63) is 182 Å². The maximum Gasteiger partial charge on any atom is 0.143 e. The number of hydrogen-bond acceptors (Lipinski definition) is 6. The molecule has 6 nitrogen and oxygen atoms in total. The van der Waals surface area contributed by atoms with Crippen LogP contribution in [-0.2, 0) is 0 Å². The van der Waals surface area contributed by atoms with E-state index >= 15 is 0 Å². The highest BCUT2D eigenvalue weighted by atomic mass is 16.3. The third-order valence-electron chi connectivity index (χ3n) is 10.4. The van der Waals surface area contributed by atoms with Gasteiger partial charge in [-0.2, -0.15) is 0 Å². The molecule has 0 spiro atoms. The summed E-state index contributed by atoms with van der Waals surface area (Å²) < 4.78 is 13.1. The summed E-state index contributed by atoms with van der Waals surface area (Å²) in [6, 6.07) is 57.7. The molecule has 0 unspecified atom stereocenters. The zero-order valence-corrected chi connectivity index (χ0v) is 29.9. The SMILES string of the molecule is c1ccc(-c2cc(-c3cccc(-c4cc(-c5cccc6c5oc5ccccc56)cc(-c5cccc6c5oc5ccccc56)c4)n3)cc(-c3ccccn3)n2)nc1. The molecule has 6 aromatic heterocycles. The Morgan fingerprint density at radius 3 is 1.23 bits per heavy atom. The molecule has 0 saturated heterocycles. The fourth-order valence-electron chi connectivity index (χ4n) is 7.76. The molecular formula is C50H30N4O2. The fourth-order valence-corrected chi connectivity index (χ4v) is 7.76. The van der Waals surface area contributed by atoms with E-state index in [4.69, 9.17) is 18.8 Å². The third kappa shape index (κ3) is 5.43. The second-order valence-corrected chi connectivity index (χ2v) is 13.8. The molecule has 56 heavy (non-hydrogen) atoms. The van der Waals surface area contributed by atoms with Crippen molar-refractivity contribution < 1.29 is 8.83 Å². The number of benzene rings is 5. The molecule has 0 radical (unpaired) electrons. The first-order valence-electron chi connectivity index (χ1n) is 18.5. The van der Waals surface area contributed by atoms with Gasteiger partial charge in [-0.1, -0.05) is 91.0 Å². The number of fused-ring (bicyclic) bond motifs is 6. The maximum absolute atomic E-state index is 6.56. The average molecular weight is 719 g/mol. The van der Waals surface area contributed by atoms with Crippen LogP contribution >= 0.6 is 0 Å². The molecule has 0 aliphatic carbocycles. The van der Waals surface area contributed by atoms with E-state index < -0.39 is 0 Å². The Kier molecular flexibility index (Phi) is 7.38. The van der Waals surface area contributed by atoms with Gasteiger partial charge in [0.15, 0.2) is 0 Å². The first-order valence-corrected chi connectivity index (χ1v) is 18.5. The van der Waals surface area contributed by atoms with Crippen molar-refractivity contribution in [1.82, 2.24) is 19.9 Å². The number of pyridine rings is 4. The van der Waals surface area contributed by atoms with Gasteiger partial charge in [-0.05, 0) is 90.0 Å². The average Bonchev–Trinajstić information content (AvgIpc) is 3.86. The minimum Gasteiger partial charge on any atom is -0.455 e. The Morgan fingerprint density at radius 1 is 0.304 bits per heavy atom. The topological polar surface area (TPSA) is 77.8 Å². The number of hydrogen-bond donors (Lipinski definition) is 0. The van der Waals surface area contributed by atoms with Crippen LogP contribution in [0.15, 0.2) is 191 Å². The molecule has 5 aromatic carbocycles. The molecule has 0 fully saturated rings. The molecule has 0 bridgehead atoms. The fraction of sp³-hybridized carbons (Fsp3) is 0. The Bertz CT molecular complexity index is 3070. The molecule has 262 valence electrons. The summed E-state index contributed by atoms with van der Waals surface area (Å²) in [5, 5.41) is 4.34. The Labute approximate surface area is 321 Å². The van der Waals surface area contributed by atoms with Crippen LogP contribution in [0.1, 0.15) is 0 Å². The molecule has 0 atom stereocenters. The van der Waals surface area contributed by atoms with Crippen molar-refractivity contribution in [2.24, 2.45) is 0 Å². The molecule has 0 amide bonds. The first-order chi connectivity index (χ1) is 27.7. The minimum absolute atomic E-state index is 0.748. The number of rotatable bonds is 6. The second kappa shape index (κ2) is 13.0. The van der Waals surface area contributed by atoms with Crippen molar-refractivity contribution in [1.29, 1.82) is 0 Å². The van der Waals surface area contributed by atoms with Gasteiger partial charge in [-0.3, -0.25) is 9.97 Å². The van der Waals surface area contributed by atoms with Crippen LogP contribution in [0.25, 0.3) is 111 Å². The molecule has 0 aliphatic rings. The van der Waals surface area contributed by atoms with Crippen molar-refractivity contribution in [2.75, 3.05) is 0 Å². The van der Waals surface area contributed by atoms with Gasteiger partial charge in [0.1, 0.15) is 22.3 Å². The molecule has 0 aliphatic heterocycles. The zero-order chi connectivity index (χ0) is 37.0. The standard InChI is InChI=1S/C50H30N4O2/c1-3-22-47-37(12-1)39-16-9-14-35(49(39)55-47)31-26-32(36-15-10-17-40-38-13-2-4-23-48(38)56-50(36)40)28-33(27-31)41-20-11-21-42(53-41)34-29-45(43-18-5-7-24-51-43)54-46(30-34)44-19-6-8-25-52-44/h1-30H. The van der Waals surface area contributed by atoms with Gasteiger partial charge >= 0.3 is 0 Å². The van der Waals surface area contributed by atoms with Gasteiger partial charge in [-0.25, -0.2) is 9.97 Å². The largest absolute Gasteiger partial charge is 0.455 e. The van der Waals surface area contributed by atoms with Crippen LogP contribution in [0.4, 0.5) is 0 Å². The number of furan rings is 2. The van der Waals surface area contributed by atoms with Gasteiger partial charge < -0.3 is 8.83 Å². The summed E-state index contributed by atoms with van der Waals surface area (Å²) in [4.78, 5) is 19.5. The second-order valence-electron chi connectivity index (χ2n) is 13.8. The van der Waals surface area contributed by atoms with Crippen LogP contribution in [0.3, 0.4) is 0 Å². The molecule has 11 rings (SSSR count). The van der Waals surface area contributed by atoms with E-state index in [0.717, 1.165) is 111 Å². The van der Waals surface area contributed by atoms with E-state index in [9.17, 15) is 0 Å². The molecule has 0 saturated carbocycles. The number of para-hydroxylation sites is 4. The lowest BCUT2D eigenvalue weighted by Crippen LogP contribution is -1.95. The highest BCUT2D eigenvalue weighted by molar-refractivity contribution is 6.11.